The molecule has 0 heterocycles. The van der Waals surface area contributed by atoms with E-state index in [9.17, 15) is 9.59 Å². The number of rotatable bonds is 8. The Hall–Kier alpha value is -3.64. The van der Waals surface area contributed by atoms with E-state index in [0.717, 1.165) is 21.7 Å². The van der Waals surface area contributed by atoms with Gasteiger partial charge in [0, 0.05) is 23.0 Å². The molecule has 0 saturated heterocycles. The highest BCUT2D eigenvalue weighted by molar-refractivity contribution is 5.95. The molecule has 6 nitrogen and oxygen atoms in total. The van der Waals surface area contributed by atoms with E-state index in [2.05, 4.69) is 10.6 Å². The van der Waals surface area contributed by atoms with Crippen LogP contribution in [0.4, 0.5) is 11.4 Å². The van der Waals surface area contributed by atoms with Gasteiger partial charge in [-0.25, -0.2) is 0 Å². The van der Waals surface area contributed by atoms with Gasteiger partial charge in [0.05, 0.1) is 14.2 Å². The number of quaternary nitrogens is 1. The Morgan fingerprint density at radius 3 is 2.29 bits per heavy atom. The zero-order chi connectivity index (χ0) is 22.2. The van der Waals surface area contributed by atoms with Crippen LogP contribution >= 0.6 is 0 Å². The molecule has 2 atom stereocenters. The van der Waals surface area contributed by atoms with Crippen molar-refractivity contribution in [3.8, 4) is 5.75 Å². The third kappa shape index (κ3) is 6.17. The molecule has 0 aromatic heterocycles. The van der Waals surface area contributed by atoms with E-state index >= 15 is 0 Å². The van der Waals surface area contributed by atoms with Gasteiger partial charge in [-0.3, -0.25) is 9.59 Å². The van der Waals surface area contributed by atoms with Crippen LogP contribution in [0, 0.1) is 6.92 Å². The van der Waals surface area contributed by atoms with Crippen molar-refractivity contribution >= 4 is 23.2 Å². The summed E-state index contributed by atoms with van der Waals surface area (Å²) >= 11 is 0. The Kier molecular flexibility index (Phi) is 7.40. The monoisotopic (exact) mass is 418 g/mol. The average Bonchev–Trinajstić information content (AvgIpc) is 2.76. The number of hydrogen-bond acceptors (Lipinski definition) is 3. The van der Waals surface area contributed by atoms with Gasteiger partial charge in [0.15, 0.2) is 12.6 Å². The number of carbonyl (C=O) groups is 2. The number of ether oxygens (including phenoxy) is 1. The van der Waals surface area contributed by atoms with Crippen molar-refractivity contribution in [3.05, 3.63) is 90.0 Å². The van der Waals surface area contributed by atoms with Gasteiger partial charge in [0.1, 0.15) is 5.75 Å². The largest absolute Gasteiger partial charge is 0.497 e. The van der Waals surface area contributed by atoms with E-state index in [-0.39, 0.29) is 18.4 Å². The fourth-order valence-corrected chi connectivity index (χ4v) is 3.42. The topological polar surface area (TPSA) is 71.9 Å². The van der Waals surface area contributed by atoms with Crippen LogP contribution in [-0.2, 0) is 9.59 Å². The van der Waals surface area contributed by atoms with Crippen LogP contribution in [-0.4, -0.2) is 32.5 Å². The first-order valence-corrected chi connectivity index (χ1v) is 10.1. The van der Waals surface area contributed by atoms with Crippen LogP contribution in [0.2, 0.25) is 0 Å². The molecular weight excluding hydrogens is 390 g/mol. The molecular formula is C25H28N3O3+. The van der Waals surface area contributed by atoms with Gasteiger partial charge in [-0.2, -0.15) is 0 Å². The van der Waals surface area contributed by atoms with Crippen LogP contribution in [0.5, 0.6) is 5.75 Å². The zero-order valence-corrected chi connectivity index (χ0v) is 18.0. The minimum atomic E-state index is -0.543. The summed E-state index contributed by atoms with van der Waals surface area (Å²) in [5.41, 5.74) is 3.34. The number of aryl methyl sites for hydroxylation is 1. The quantitative estimate of drug-likeness (QED) is 0.527. The van der Waals surface area contributed by atoms with E-state index in [0.29, 0.717) is 11.4 Å². The number of hydrogen-bond donors (Lipinski definition) is 3. The molecule has 3 rings (SSSR count). The SMILES string of the molecule is COc1cccc(NC(=O)C[NH+](C)[C@@H](C(=O)Nc2ccc(C)cc2)c2ccccc2)c1. The van der Waals surface area contributed by atoms with Crippen LogP contribution in [0.25, 0.3) is 0 Å². The van der Waals surface area contributed by atoms with Crippen molar-refractivity contribution in [2.45, 2.75) is 13.0 Å². The van der Waals surface area contributed by atoms with E-state index in [4.69, 9.17) is 4.74 Å². The van der Waals surface area contributed by atoms with E-state index in [1.54, 1.807) is 19.2 Å². The molecule has 0 saturated carbocycles. The molecule has 2 amide bonds. The zero-order valence-electron chi connectivity index (χ0n) is 18.0. The molecule has 31 heavy (non-hydrogen) atoms. The van der Waals surface area contributed by atoms with Crippen LogP contribution in [0.1, 0.15) is 17.2 Å². The number of carbonyl (C=O) groups excluding carboxylic acids is 2. The lowest BCUT2D eigenvalue weighted by Crippen LogP contribution is -3.11. The molecule has 0 aliphatic heterocycles. The highest BCUT2D eigenvalue weighted by Gasteiger charge is 2.30. The Morgan fingerprint density at radius 2 is 1.61 bits per heavy atom. The fourth-order valence-electron chi connectivity index (χ4n) is 3.42. The Labute approximate surface area is 182 Å². The first-order chi connectivity index (χ1) is 15.0. The molecule has 0 fully saturated rings. The third-order valence-corrected chi connectivity index (χ3v) is 5.00. The lowest BCUT2D eigenvalue weighted by atomic mass is 10.0. The summed E-state index contributed by atoms with van der Waals surface area (Å²) in [5.74, 6) is 0.315. The van der Waals surface area contributed by atoms with Crippen molar-refractivity contribution in [3.63, 3.8) is 0 Å². The molecule has 160 valence electrons. The molecule has 3 aromatic rings. The van der Waals surface area contributed by atoms with E-state index < -0.39 is 6.04 Å². The Balaban J connectivity index is 1.74. The Morgan fingerprint density at radius 1 is 0.903 bits per heavy atom. The molecule has 0 radical (unpaired) electrons. The maximum atomic E-state index is 13.2. The van der Waals surface area contributed by atoms with Crippen molar-refractivity contribution < 1.29 is 19.2 Å². The molecule has 0 aliphatic rings. The third-order valence-electron chi connectivity index (χ3n) is 5.00. The molecule has 3 N–H and O–H groups in total. The second kappa shape index (κ2) is 10.4. The summed E-state index contributed by atoms with van der Waals surface area (Å²) in [7, 11) is 3.42. The minimum Gasteiger partial charge on any atom is -0.497 e. The van der Waals surface area contributed by atoms with Gasteiger partial charge >= 0.3 is 0 Å². The van der Waals surface area contributed by atoms with Gasteiger partial charge in [-0.05, 0) is 31.2 Å². The second-order valence-corrected chi connectivity index (χ2v) is 7.50. The predicted octanol–water partition coefficient (Wildman–Crippen LogP) is 2.84. The highest BCUT2D eigenvalue weighted by atomic mass is 16.5. The van der Waals surface area contributed by atoms with Gasteiger partial charge in [-0.1, -0.05) is 54.1 Å². The van der Waals surface area contributed by atoms with Crippen molar-refractivity contribution in [2.24, 2.45) is 0 Å². The molecule has 0 bridgehead atoms. The lowest BCUT2D eigenvalue weighted by Gasteiger charge is -2.24. The van der Waals surface area contributed by atoms with Crippen molar-refractivity contribution in [2.75, 3.05) is 31.3 Å². The van der Waals surface area contributed by atoms with Crippen molar-refractivity contribution in [1.82, 2.24) is 0 Å². The highest BCUT2D eigenvalue weighted by Crippen LogP contribution is 2.17. The minimum absolute atomic E-state index is 0.123. The summed E-state index contributed by atoms with van der Waals surface area (Å²) in [4.78, 5) is 26.6. The van der Waals surface area contributed by atoms with E-state index in [1.807, 2.05) is 80.7 Å². The fraction of sp³-hybridized carbons (Fsp3) is 0.200. The van der Waals surface area contributed by atoms with Crippen LogP contribution < -0.4 is 20.3 Å². The summed E-state index contributed by atoms with van der Waals surface area (Å²) in [6, 6.07) is 23.8. The standard InChI is InChI=1S/C25H27N3O3/c1-18-12-14-20(15-13-18)27-25(30)24(19-8-5-4-6-9-19)28(2)17-23(29)26-21-10-7-11-22(16-21)31-3/h4-16,24H,17H2,1-3H3,(H,26,29)(H,27,30)/p+1/t24-/m1/s1. The molecule has 3 aromatic carbocycles. The normalized spacial score (nSPS) is 12.5. The van der Waals surface area contributed by atoms with Gasteiger partial charge in [0.2, 0.25) is 0 Å². The number of benzene rings is 3. The van der Waals surface area contributed by atoms with Crippen LogP contribution in [0.3, 0.4) is 0 Å². The maximum Gasteiger partial charge on any atom is 0.287 e. The molecule has 0 aliphatic carbocycles. The summed E-state index contributed by atoms with van der Waals surface area (Å²) in [6.07, 6.45) is 0. The van der Waals surface area contributed by atoms with Gasteiger partial charge in [-0.15, -0.1) is 0 Å². The number of nitrogens with one attached hydrogen (secondary N) is 3. The summed E-state index contributed by atoms with van der Waals surface area (Å²) < 4.78 is 5.20. The Bertz CT molecular complexity index is 1020. The first-order valence-electron chi connectivity index (χ1n) is 10.1. The molecule has 0 spiro atoms. The second-order valence-electron chi connectivity index (χ2n) is 7.50. The summed E-state index contributed by atoms with van der Waals surface area (Å²) in [6.45, 7) is 2.12. The van der Waals surface area contributed by atoms with E-state index in [1.165, 1.54) is 0 Å². The molecule has 1 unspecified atom stereocenters. The number of amides is 2. The molecule has 6 heteroatoms. The van der Waals surface area contributed by atoms with Crippen molar-refractivity contribution in [1.29, 1.82) is 0 Å². The summed E-state index contributed by atoms with van der Waals surface area (Å²) in [5, 5.41) is 5.86. The maximum absolute atomic E-state index is 13.2. The lowest BCUT2D eigenvalue weighted by molar-refractivity contribution is -0.893. The van der Waals surface area contributed by atoms with Gasteiger partial charge < -0.3 is 20.3 Å². The first kappa shape index (κ1) is 22.1. The number of methoxy groups -OCH3 is 1. The smallest absolute Gasteiger partial charge is 0.287 e. The predicted molar refractivity (Wildman–Crippen MR) is 122 cm³/mol. The van der Waals surface area contributed by atoms with Crippen LogP contribution in [0.15, 0.2) is 78.9 Å². The average molecular weight is 419 g/mol. The van der Waals surface area contributed by atoms with Gasteiger partial charge in [0.25, 0.3) is 11.8 Å². The number of likely N-dealkylation sites (N-methyl/N-ethyl adjacent to an activating group) is 1. The number of anilines is 2.